The molecule has 2 atom stereocenters. The highest BCUT2D eigenvalue weighted by Gasteiger charge is 2.41. The van der Waals surface area contributed by atoms with Gasteiger partial charge in [0.15, 0.2) is 0 Å². The molecule has 0 radical (unpaired) electrons. The summed E-state index contributed by atoms with van der Waals surface area (Å²) in [6, 6.07) is 1.98. The number of anilines is 1. The molecule has 1 saturated heterocycles. The number of rotatable bonds is 4. The minimum Gasteiger partial charge on any atom is -0.478 e. The van der Waals surface area contributed by atoms with Gasteiger partial charge in [0.25, 0.3) is 0 Å². The highest BCUT2D eigenvalue weighted by molar-refractivity contribution is 5.94. The SMILES string of the molecule is Cc1cc(C)c(C(=O)O)c(NC2CCOC2C2CC2)n1. The standard InChI is InChI=1S/C15H20N2O3/c1-8-7-9(2)16-14(12(8)15(18)19)17-11-5-6-20-13(11)10-3-4-10/h7,10-11,13H,3-6H2,1-2H3,(H,16,17)(H,18,19). The number of carboxylic acid groups (broad SMARTS) is 1. The quantitative estimate of drug-likeness (QED) is 0.883. The minimum atomic E-state index is -0.931. The van der Waals surface area contributed by atoms with E-state index in [2.05, 4.69) is 10.3 Å². The van der Waals surface area contributed by atoms with Crippen LogP contribution in [0.5, 0.6) is 0 Å². The average Bonchev–Trinajstić information content (AvgIpc) is 3.09. The van der Waals surface area contributed by atoms with Gasteiger partial charge >= 0.3 is 5.97 Å². The third kappa shape index (κ3) is 2.50. The molecule has 2 N–H and O–H groups in total. The summed E-state index contributed by atoms with van der Waals surface area (Å²) in [5.74, 6) is 0.185. The second-order valence-corrected chi connectivity index (χ2v) is 5.82. The first kappa shape index (κ1) is 13.4. The molecule has 1 aromatic heterocycles. The van der Waals surface area contributed by atoms with E-state index in [4.69, 9.17) is 4.74 Å². The van der Waals surface area contributed by atoms with Crippen molar-refractivity contribution in [2.45, 2.75) is 45.3 Å². The van der Waals surface area contributed by atoms with Gasteiger partial charge in [-0.05, 0) is 50.7 Å². The lowest BCUT2D eigenvalue weighted by Crippen LogP contribution is -2.32. The van der Waals surface area contributed by atoms with Gasteiger partial charge in [0.05, 0.1) is 12.1 Å². The Morgan fingerprint density at radius 2 is 2.15 bits per heavy atom. The van der Waals surface area contributed by atoms with Crippen LogP contribution in [0.1, 0.15) is 40.9 Å². The van der Waals surface area contributed by atoms with Crippen LogP contribution in [0.25, 0.3) is 0 Å². The van der Waals surface area contributed by atoms with Crippen LogP contribution in [0.4, 0.5) is 5.82 Å². The van der Waals surface area contributed by atoms with Crippen LogP contribution in [0.15, 0.2) is 6.07 Å². The molecule has 1 aliphatic carbocycles. The van der Waals surface area contributed by atoms with Gasteiger partial charge in [0.2, 0.25) is 0 Å². The maximum absolute atomic E-state index is 11.4. The van der Waals surface area contributed by atoms with Gasteiger partial charge in [-0.1, -0.05) is 0 Å². The van der Waals surface area contributed by atoms with Crippen LogP contribution in [-0.2, 0) is 4.74 Å². The lowest BCUT2D eigenvalue weighted by Gasteiger charge is -2.21. The summed E-state index contributed by atoms with van der Waals surface area (Å²) < 4.78 is 5.78. The number of carboxylic acids is 1. The average molecular weight is 276 g/mol. The van der Waals surface area contributed by atoms with Gasteiger partial charge in [-0.15, -0.1) is 0 Å². The highest BCUT2D eigenvalue weighted by Crippen LogP contribution is 2.39. The Morgan fingerprint density at radius 1 is 1.40 bits per heavy atom. The zero-order valence-corrected chi connectivity index (χ0v) is 11.8. The molecule has 2 fully saturated rings. The number of nitrogens with zero attached hydrogens (tertiary/aromatic N) is 1. The van der Waals surface area contributed by atoms with Crippen molar-refractivity contribution in [3.8, 4) is 0 Å². The summed E-state index contributed by atoms with van der Waals surface area (Å²) in [7, 11) is 0. The zero-order valence-electron chi connectivity index (χ0n) is 11.8. The first-order chi connectivity index (χ1) is 9.56. The fraction of sp³-hybridized carbons (Fsp3) is 0.600. The molecule has 0 spiro atoms. The van der Waals surface area contributed by atoms with Crippen molar-refractivity contribution in [3.63, 3.8) is 0 Å². The molecule has 5 heteroatoms. The maximum atomic E-state index is 11.4. The van der Waals surface area contributed by atoms with E-state index < -0.39 is 5.97 Å². The number of aromatic nitrogens is 1. The topological polar surface area (TPSA) is 71.5 Å². The third-order valence-electron chi connectivity index (χ3n) is 4.10. The Morgan fingerprint density at radius 3 is 2.80 bits per heavy atom. The van der Waals surface area contributed by atoms with Crippen LogP contribution in [0.2, 0.25) is 0 Å². The molecule has 1 aliphatic heterocycles. The molecule has 0 aromatic carbocycles. The second kappa shape index (κ2) is 5.05. The molecule has 1 aromatic rings. The summed E-state index contributed by atoms with van der Waals surface area (Å²) in [5.41, 5.74) is 1.85. The van der Waals surface area contributed by atoms with Crippen molar-refractivity contribution < 1.29 is 14.6 Å². The number of hydrogen-bond acceptors (Lipinski definition) is 4. The van der Waals surface area contributed by atoms with E-state index in [-0.39, 0.29) is 17.7 Å². The predicted molar refractivity (Wildman–Crippen MR) is 75.2 cm³/mol. The molecule has 2 aliphatic rings. The van der Waals surface area contributed by atoms with Crippen molar-refractivity contribution in [1.82, 2.24) is 4.98 Å². The first-order valence-electron chi connectivity index (χ1n) is 7.16. The van der Waals surface area contributed by atoms with E-state index in [1.807, 2.05) is 13.8 Å². The predicted octanol–water partition coefficient (Wildman–Crippen LogP) is 2.38. The molecule has 5 nitrogen and oxygen atoms in total. The number of nitrogens with one attached hydrogen (secondary N) is 1. The van der Waals surface area contributed by atoms with E-state index >= 15 is 0 Å². The van der Waals surface area contributed by atoms with Crippen molar-refractivity contribution in [2.75, 3.05) is 11.9 Å². The van der Waals surface area contributed by atoms with E-state index in [0.29, 0.717) is 11.7 Å². The van der Waals surface area contributed by atoms with E-state index in [9.17, 15) is 9.90 Å². The molecule has 2 unspecified atom stereocenters. The maximum Gasteiger partial charge on any atom is 0.339 e. The van der Waals surface area contributed by atoms with Crippen LogP contribution >= 0.6 is 0 Å². The number of aryl methyl sites for hydroxylation is 2. The molecular weight excluding hydrogens is 256 g/mol. The van der Waals surface area contributed by atoms with E-state index in [0.717, 1.165) is 24.3 Å². The van der Waals surface area contributed by atoms with Gasteiger partial charge in [0.1, 0.15) is 11.4 Å². The molecule has 3 rings (SSSR count). The summed E-state index contributed by atoms with van der Waals surface area (Å²) in [4.78, 5) is 15.8. The number of hydrogen-bond donors (Lipinski definition) is 2. The molecule has 108 valence electrons. The van der Waals surface area contributed by atoms with Gasteiger partial charge in [0, 0.05) is 12.3 Å². The lowest BCUT2D eigenvalue weighted by atomic mass is 10.0. The Hall–Kier alpha value is -1.62. The fourth-order valence-corrected chi connectivity index (χ4v) is 3.04. The third-order valence-corrected chi connectivity index (χ3v) is 4.10. The summed E-state index contributed by atoms with van der Waals surface area (Å²) >= 11 is 0. The highest BCUT2D eigenvalue weighted by atomic mass is 16.5. The second-order valence-electron chi connectivity index (χ2n) is 5.82. The molecular formula is C15H20N2O3. The van der Waals surface area contributed by atoms with Gasteiger partial charge < -0.3 is 15.2 Å². The monoisotopic (exact) mass is 276 g/mol. The van der Waals surface area contributed by atoms with Gasteiger partial charge in [-0.3, -0.25) is 0 Å². The Bertz CT molecular complexity index is 540. The van der Waals surface area contributed by atoms with Crippen molar-refractivity contribution >= 4 is 11.8 Å². The first-order valence-corrected chi connectivity index (χ1v) is 7.16. The normalized spacial score (nSPS) is 25.7. The summed E-state index contributed by atoms with van der Waals surface area (Å²) in [5, 5.41) is 12.7. The zero-order chi connectivity index (χ0) is 14.3. The number of aromatic carboxylic acids is 1. The summed E-state index contributed by atoms with van der Waals surface area (Å²) in [6.45, 7) is 4.44. The van der Waals surface area contributed by atoms with Crippen LogP contribution in [-0.4, -0.2) is 34.8 Å². The Labute approximate surface area is 118 Å². The van der Waals surface area contributed by atoms with Crippen LogP contribution in [0, 0.1) is 19.8 Å². The fourth-order valence-electron chi connectivity index (χ4n) is 3.04. The molecule has 0 amide bonds. The van der Waals surface area contributed by atoms with Gasteiger partial charge in [-0.2, -0.15) is 0 Å². The molecule has 1 saturated carbocycles. The van der Waals surface area contributed by atoms with Crippen LogP contribution in [0.3, 0.4) is 0 Å². The number of ether oxygens (including phenoxy) is 1. The molecule has 0 bridgehead atoms. The van der Waals surface area contributed by atoms with Gasteiger partial charge in [-0.25, -0.2) is 9.78 Å². The largest absolute Gasteiger partial charge is 0.478 e. The smallest absolute Gasteiger partial charge is 0.339 e. The van der Waals surface area contributed by atoms with E-state index in [1.54, 1.807) is 6.07 Å². The molecule has 2 heterocycles. The van der Waals surface area contributed by atoms with Crippen molar-refractivity contribution in [3.05, 3.63) is 22.9 Å². The van der Waals surface area contributed by atoms with E-state index in [1.165, 1.54) is 12.8 Å². The van der Waals surface area contributed by atoms with Crippen molar-refractivity contribution in [2.24, 2.45) is 5.92 Å². The minimum absolute atomic E-state index is 0.175. The lowest BCUT2D eigenvalue weighted by molar-refractivity contribution is 0.0696. The number of carbonyl (C=O) groups is 1. The Kier molecular flexibility index (Phi) is 3.38. The van der Waals surface area contributed by atoms with Crippen LogP contribution < -0.4 is 5.32 Å². The Balaban J connectivity index is 1.87. The number of pyridine rings is 1. The summed E-state index contributed by atoms with van der Waals surface area (Å²) in [6.07, 6.45) is 3.55. The molecule has 20 heavy (non-hydrogen) atoms. The van der Waals surface area contributed by atoms with Crippen molar-refractivity contribution in [1.29, 1.82) is 0 Å².